The first kappa shape index (κ1) is 27.5. The third-order valence-corrected chi connectivity index (χ3v) is 7.91. The zero-order valence-electron chi connectivity index (χ0n) is 21.0. The zero-order chi connectivity index (χ0) is 28.0. The van der Waals surface area contributed by atoms with Crippen LogP contribution in [0, 0.1) is 5.92 Å². The highest BCUT2D eigenvalue weighted by atomic mass is 32.2. The molecule has 3 aromatic rings. The van der Waals surface area contributed by atoms with Crippen LogP contribution in [0.1, 0.15) is 39.1 Å². The summed E-state index contributed by atoms with van der Waals surface area (Å²) in [6, 6.07) is 20.1. The number of carbonyl (C=O) groups excluding carboxylic acids is 4. The Labute approximate surface area is 226 Å². The van der Waals surface area contributed by atoms with Crippen LogP contribution < -0.4 is 15.8 Å². The van der Waals surface area contributed by atoms with Crippen molar-refractivity contribution in [1.29, 1.82) is 0 Å². The van der Waals surface area contributed by atoms with Crippen LogP contribution in [0.5, 0.6) is 0 Å². The minimum Gasteiger partial charge on any atom is -0.369 e. The number of piperidine rings is 1. The Morgan fingerprint density at radius 1 is 0.821 bits per heavy atom. The Morgan fingerprint density at radius 2 is 1.44 bits per heavy atom. The summed E-state index contributed by atoms with van der Waals surface area (Å²) in [5, 5.41) is 2.54. The van der Waals surface area contributed by atoms with E-state index < -0.39 is 15.9 Å². The molecule has 1 fully saturated rings. The molecule has 202 valence electrons. The van der Waals surface area contributed by atoms with E-state index in [1.165, 1.54) is 30.3 Å². The summed E-state index contributed by atoms with van der Waals surface area (Å²) in [5.74, 6) is -1.76. The van der Waals surface area contributed by atoms with Gasteiger partial charge >= 0.3 is 0 Å². The number of benzene rings is 3. The van der Waals surface area contributed by atoms with Gasteiger partial charge in [0.15, 0.2) is 5.78 Å². The van der Waals surface area contributed by atoms with Crippen LogP contribution in [0.2, 0.25) is 0 Å². The van der Waals surface area contributed by atoms with Gasteiger partial charge in [-0.1, -0.05) is 42.5 Å². The molecule has 1 heterocycles. The van der Waals surface area contributed by atoms with Crippen LogP contribution in [0.3, 0.4) is 0 Å². The number of amides is 3. The predicted octanol–water partition coefficient (Wildman–Crippen LogP) is 2.17. The van der Waals surface area contributed by atoms with Crippen molar-refractivity contribution < 1.29 is 27.6 Å². The average molecular weight is 549 g/mol. The standard InChI is InChI=1S/C28H28N4O6S/c29-27(35)20-14-16-32(17-15-20)25(33)18-30-28(36)21-10-12-22(13-11-21)39(37,38)31-24-9-5-4-8-23(24)26(34)19-6-2-1-3-7-19/h1-13,20,31H,14-18H2,(H2,29,35)(H,30,36). The molecule has 1 aliphatic heterocycles. The van der Waals surface area contributed by atoms with Crippen LogP contribution in [0.4, 0.5) is 5.69 Å². The van der Waals surface area contributed by atoms with E-state index in [1.807, 2.05) is 0 Å². The quantitative estimate of drug-likeness (QED) is 0.348. The number of carbonyl (C=O) groups is 4. The maximum atomic E-state index is 13.0. The summed E-state index contributed by atoms with van der Waals surface area (Å²) in [5.41, 5.74) is 6.24. The van der Waals surface area contributed by atoms with Gasteiger partial charge in [0.05, 0.1) is 17.1 Å². The number of hydrogen-bond donors (Lipinski definition) is 3. The van der Waals surface area contributed by atoms with Gasteiger partial charge in [-0.3, -0.25) is 23.9 Å². The van der Waals surface area contributed by atoms with Crippen molar-refractivity contribution in [3.8, 4) is 0 Å². The number of sulfonamides is 1. The summed E-state index contributed by atoms with van der Waals surface area (Å²) < 4.78 is 28.6. The molecule has 4 rings (SSSR count). The van der Waals surface area contributed by atoms with E-state index in [0.717, 1.165) is 0 Å². The van der Waals surface area contributed by atoms with Crippen molar-refractivity contribution >= 4 is 39.2 Å². The van der Waals surface area contributed by atoms with Crippen molar-refractivity contribution in [3.05, 3.63) is 95.6 Å². The van der Waals surface area contributed by atoms with E-state index in [0.29, 0.717) is 31.5 Å². The number of rotatable bonds is 9. The molecule has 1 saturated heterocycles. The zero-order valence-corrected chi connectivity index (χ0v) is 21.8. The number of ketones is 1. The van der Waals surface area contributed by atoms with Gasteiger partial charge in [-0.2, -0.15) is 0 Å². The van der Waals surface area contributed by atoms with Crippen LogP contribution in [0.25, 0.3) is 0 Å². The number of likely N-dealkylation sites (tertiary alicyclic amines) is 1. The molecule has 3 amide bonds. The highest BCUT2D eigenvalue weighted by molar-refractivity contribution is 7.92. The lowest BCUT2D eigenvalue weighted by atomic mass is 9.96. The van der Waals surface area contributed by atoms with Gasteiger partial charge in [0.2, 0.25) is 11.8 Å². The van der Waals surface area contributed by atoms with E-state index in [9.17, 15) is 27.6 Å². The minimum atomic E-state index is -4.07. The van der Waals surface area contributed by atoms with Gasteiger partial charge in [0, 0.05) is 35.7 Å². The molecule has 3 aromatic carbocycles. The predicted molar refractivity (Wildman–Crippen MR) is 144 cm³/mol. The number of nitrogens with two attached hydrogens (primary N) is 1. The molecule has 0 unspecified atom stereocenters. The first-order chi connectivity index (χ1) is 18.7. The van der Waals surface area contributed by atoms with E-state index in [1.54, 1.807) is 53.4 Å². The van der Waals surface area contributed by atoms with Crippen LogP contribution in [-0.4, -0.2) is 56.5 Å². The second-order valence-electron chi connectivity index (χ2n) is 9.11. The second-order valence-corrected chi connectivity index (χ2v) is 10.8. The van der Waals surface area contributed by atoms with Crippen molar-refractivity contribution in [1.82, 2.24) is 10.2 Å². The number of nitrogens with zero attached hydrogens (tertiary/aromatic N) is 1. The maximum absolute atomic E-state index is 13.0. The Balaban J connectivity index is 1.38. The van der Waals surface area contributed by atoms with Crippen molar-refractivity contribution in [2.45, 2.75) is 17.7 Å². The molecule has 0 bridgehead atoms. The van der Waals surface area contributed by atoms with Gasteiger partial charge in [-0.05, 0) is 49.2 Å². The van der Waals surface area contributed by atoms with Crippen LogP contribution in [-0.2, 0) is 19.6 Å². The molecule has 0 saturated carbocycles. The topological polar surface area (TPSA) is 156 Å². The SMILES string of the molecule is NC(=O)C1CCN(C(=O)CNC(=O)c2ccc(S(=O)(=O)Nc3ccccc3C(=O)c3ccccc3)cc2)CC1. The van der Waals surface area contributed by atoms with Gasteiger partial charge in [-0.15, -0.1) is 0 Å². The maximum Gasteiger partial charge on any atom is 0.261 e. The highest BCUT2D eigenvalue weighted by Gasteiger charge is 2.26. The first-order valence-electron chi connectivity index (χ1n) is 12.3. The van der Waals surface area contributed by atoms with Crippen molar-refractivity contribution in [3.63, 3.8) is 0 Å². The molecule has 0 spiro atoms. The lowest BCUT2D eigenvalue weighted by Crippen LogP contribution is -2.45. The number of nitrogens with one attached hydrogen (secondary N) is 2. The summed E-state index contributed by atoms with van der Waals surface area (Å²) in [6.45, 7) is 0.553. The van der Waals surface area contributed by atoms with E-state index in [2.05, 4.69) is 10.0 Å². The molecule has 0 aliphatic carbocycles. The first-order valence-corrected chi connectivity index (χ1v) is 13.8. The highest BCUT2D eigenvalue weighted by Crippen LogP contribution is 2.23. The van der Waals surface area contributed by atoms with E-state index >= 15 is 0 Å². The van der Waals surface area contributed by atoms with Gasteiger partial charge in [0.1, 0.15) is 0 Å². The molecular weight excluding hydrogens is 520 g/mol. The molecule has 4 N–H and O–H groups in total. The van der Waals surface area contributed by atoms with Crippen molar-refractivity contribution in [2.75, 3.05) is 24.4 Å². The fourth-order valence-corrected chi connectivity index (χ4v) is 5.37. The minimum absolute atomic E-state index is 0.102. The summed E-state index contributed by atoms with van der Waals surface area (Å²) in [6.07, 6.45) is 0.980. The van der Waals surface area contributed by atoms with Gasteiger partial charge in [-0.25, -0.2) is 8.42 Å². The Morgan fingerprint density at radius 3 is 2.08 bits per heavy atom. The molecule has 0 aromatic heterocycles. The molecule has 10 nitrogen and oxygen atoms in total. The molecule has 11 heteroatoms. The van der Waals surface area contributed by atoms with Crippen LogP contribution >= 0.6 is 0 Å². The normalized spacial score (nSPS) is 13.9. The molecular formula is C28H28N4O6S. The Bertz CT molecular complexity index is 1480. The number of anilines is 1. The third-order valence-electron chi connectivity index (χ3n) is 6.53. The second kappa shape index (κ2) is 11.9. The average Bonchev–Trinajstić information content (AvgIpc) is 2.96. The number of hydrogen-bond acceptors (Lipinski definition) is 6. The lowest BCUT2D eigenvalue weighted by molar-refractivity contribution is -0.133. The fourth-order valence-electron chi connectivity index (χ4n) is 4.29. The Hall–Kier alpha value is -4.51. The summed E-state index contributed by atoms with van der Waals surface area (Å²) in [7, 11) is -4.07. The smallest absolute Gasteiger partial charge is 0.261 e. The number of para-hydroxylation sites is 1. The molecule has 0 radical (unpaired) electrons. The summed E-state index contributed by atoms with van der Waals surface area (Å²) >= 11 is 0. The third kappa shape index (κ3) is 6.68. The number of primary amides is 1. The largest absolute Gasteiger partial charge is 0.369 e. The van der Waals surface area contributed by atoms with Crippen molar-refractivity contribution in [2.24, 2.45) is 11.7 Å². The molecule has 0 atom stereocenters. The fraction of sp³-hybridized carbons (Fsp3) is 0.214. The molecule has 39 heavy (non-hydrogen) atoms. The Kier molecular flexibility index (Phi) is 8.40. The molecule has 1 aliphatic rings. The van der Waals surface area contributed by atoms with Gasteiger partial charge in [0.25, 0.3) is 15.9 Å². The van der Waals surface area contributed by atoms with Crippen LogP contribution in [0.15, 0.2) is 83.8 Å². The van der Waals surface area contributed by atoms with E-state index in [-0.39, 0.29) is 51.8 Å². The van der Waals surface area contributed by atoms with Gasteiger partial charge < -0.3 is 16.0 Å². The lowest BCUT2D eigenvalue weighted by Gasteiger charge is -2.30. The summed E-state index contributed by atoms with van der Waals surface area (Å²) in [4.78, 5) is 50.6. The van der Waals surface area contributed by atoms with E-state index in [4.69, 9.17) is 5.73 Å². The monoisotopic (exact) mass is 548 g/mol.